The number of pyridine rings is 1. The predicted molar refractivity (Wildman–Crippen MR) is 144 cm³/mol. The molecule has 2 aromatic heterocycles. The Morgan fingerprint density at radius 1 is 1.10 bits per heavy atom. The molecule has 6 rings (SSSR count). The van der Waals surface area contributed by atoms with Crippen LogP contribution in [0.2, 0.25) is 0 Å². The first-order valence-corrected chi connectivity index (χ1v) is 14.0. The average molecular weight is 594 g/mol. The number of nitrogen functional groups attached to an aromatic ring is 1. The summed E-state index contributed by atoms with van der Waals surface area (Å²) in [4.78, 5) is 18.8. The van der Waals surface area contributed by atoms with Crippen molar-refractivity contribution in [3.63, 3.8) is 0 Å². The van der Waals surface area contributed by atoms with E-state index in [0.717, 1.165) is 18.9 Å². The first kappa shape index (κ1) is 28.5. The molecule has 1 amide bonds. The lowest BCUT2D eigenvalue weighted by molar-refractivity contribution is -0.275. The lowest BCUT2D eigenvalue weighted by Gasteiger charge is -2.25. The van der Waals surface area contributed by atoms with E-state index in [0.29, 0.717) is 35.9 Å². The van der Waals surface area contributed by atoms with Crippen LogP contribution in [-0.4, -0.2) is 50.8 Å². The summed E-state index contributed by atoms with van der Waals surface area (Å²) in [6, 6.07) is 1.63. The number of rotatable bonds is 5. The van der Waals surface area contributed by atoms with Gasteiger partial charge in [0.05, 0.1) is 23.0 Å². The molecule has 1 aromatic carbocycles. The van der Waals surface area contributed by atoms with Gasteiger partial charge in [0.25, 0.3) is 0 Å². The lowest BCUT2D eigenvalue weighted by Crippen LogP contribution is -2.36. The summed E-state index contributed by atoms with van der Waals surface area (Å²) in [5, 5.41) is 5.39. The smallest absolute Gasteiger partial charge is 0.444 e. The number of benzene rings is 1. The van der Waals surface area contributed by atoms with E-state index in [2.05, 4.69) is 9.72 Å². The van der Waals surface area contributed by atoms with Crippen molar-refractivity contribution in [1.29, 1.82) is 0 Å². The molecule has 3 fully saturated rings. The van der Waals surface area contributed by atoms with Gasteiger partial charge in [-0.05, 0) is 57.4 Å². The highest BCUT2D eigenvalue weighted by atomic mass is 19.4. The number of carbonyl (C=O) groups excluding carboxylic acids is 1. The van der Waals surface area contributed by atoms with Crippen LogP contribution in [0.15, 0.2) is 12.1 Å². The molecule has 0 radical (unpaired) electrons. The SMILES string of the molecule is CC(C)c1nc(-c2cc(N)cc(F)c2OC(F)(F)F)c(F)c2c1c(C1[C@H]3CN(C(=O)OC(C)(C)C)C[C@@H]13)nn2C1CC1. The Labute approximate surface area is 238 Å². The maximum absolute atomic E-state index is 16.5. The highest BCUT2D eigenvalue weighted by molar-refractivity contribution is 5.91. The number of fused-ring (bicyclic) bond motifs is 2. The minimum atomic E-state index is -5.23. The summed E-state index contributed by atoms with van der Waals surface area (Å²) >= 11 is 0. The Bertz CT molecular complexity index is 1580. The van der Waals surface area contributed by atoms with E-state index in [1.807, 2.05) is 13.8 Å². The fourth-order valence-corrected chi connectivity index (χ4v) is 6.08. The summed E-state index contributed by atoms with van der Waals surface area (Å²) < 4.78 is 82.2. The number of piperidine rings is 1. The van der Waals surface area contributed by atoms with Gasteiger partial charge in [0.1, 0.15) is 16.8 Å². The molecule has 13 heteroatoms. The quantitative estimate of drug-likeness (QED) is 0.256. The normalized spacial score (nSPS) is 22.2. The summed E-state index contributed by atoms with van der Waals surface area (Å²) in [5.74, 6) is -3.60. The third kappa shape index (κ3) is 5.00. The molecule has 3 atom stereocenters. The summed E-state index contributed by atoms with van der Waals surface area (Å²) in [7, 11) is 0. The van der Waals surface area contributed by atoms with Crippen LogP contribution in [-0.2, 0) is 4.74 Å². The molecule has 42 heavy (non-hydrogen) atoms. The second kappa shape index (κ2) is 9.43. The molecule has 0 spiro atoms. The van der Waals surface area contributed by atoms with Crippen LogP contribution in [0.5, 0.6) is 5.75 Å². The number of halogens is 5. The van der Waals surface area contributed by atoms with Gasteiger partial charge in [-0.3, -0.25) is 4.68 Å². The lowest BCUT2D eigenvalue weighted by atomic mass is 9.98. The number of nitrogens with zero attached hydrogens (tertiary/aromatic N) is 4. The molecule has 2 aliphatic carbocycles. The van der Waals surface area contributed by atoms with E-state index in [9.17, 15) is 22.4 Å². The fraction of sp³-hybridized carbons (Fsp3) is 0.552. The molecule has 2 N–H and O–H groups in total. The standard InChI is InChI=1S/C29H32F5N5O3/c1-12(2)22-20-24(19-16-10-38(11-17(16)19)27(40)42-28(3,4)5)37-39(14-6-7-14)25(20)21(31)23(36-22)15-8-13(35)9-18(30)26(15)41-29(32,33)34/h8-9,12,14,16-17,19H,6-7,10-11,35H2,1-5H3/t16-,17+,19?. The molecule has 1 aliphatic heterocycles. The van der Waals surface area contributed by atoms with Crippen LogP contribution in [0.3, 0.4) is 0 Å². The van der Waals surface area contributed by atoms with Crippen LogP contribution >= 0.6 is 0 Å². The topological polar surface area (TPSA) is 95.5 Å². The Morgan fingerprint density at radius 2 is 1.74 bits per heavy atom. The number of hydrogen-bond acceptors (Lipinski definition) is 6. The van der Waals surface area contributed by atoms with Gasteiger partial charge in [0.2, 0.25) is 0 Å². The summed E-state index contributed by atoms with van der Waals surface area (Å²) in [6.07, 6.45) is -4.08. The molecule has 3 aromatic rings. The number of hydrogen-bond donors (Lipinski definition) is 1. The van der Waals surface area contributed by atoms with Crippen LogP contribution < -0.4 is 10.5 Å². The molecule has 2 saturated carbocycles. The minimum Gasteiger partial charge on any atom is -0.444 e. The Kier molecular flexibility index (Phi) is 6.40. The van der Waals surface area contributed by atoms with Crippen molar-refractivity contribution in [2.24, 2.45) is 11.8 Å². The zero-order valence-electron chi connectivity index (χ0n) is 23.9. The fourth-order valence-electron chi connectivity index (χ4n) is 6.08. The Balaban J connectivity index is 1.46. The number of nitrogens with two attached hydrogens (primary N) is 1. The maximum Gasteiger partial charge on any atom is 0.573 e. The average Bonchev–Trinajstić information content (AvgIpc) is 3.73. The zero-order valence-corrected chi connectivity index (χ0v) is 23.9. The van der Waals surface area contributed by atoms with Gasteiger partial charge < -0.3 is 20.1 Å². The van der Waals surface area contributed by atoms with Crippen LogP contribution in [0.1, 0.15) is 76.7 Å². The Hall–Kier alpha value is -3.64. The van der Waals surface area contributed by atoms with Gasteiger partial charge in [0, 0.05) is 36.1 Å². The van der Waals surface area contributed by atoms with Gasteiger partial charge in [-0.1, -0.05) is 13.8 Å². The minimum absolute atomic E-state index is 0.0373. The van der Waals surface area contributed by atoms with E-state index in [4.69, 9.17) is 15.6 Å². The van der Waals surface area contributed by atoms with E-state index in [1.54, 1.807) is 30.4 Å². The second-order valence-corrected chi connectivity index (χ2v) is 12.8. The highest BCUT2D eigenvalue weighted by Gasteiger charge is 2.59. The number of amides is 1. The first-order chi connectivity index (χ1) is 19.5. The number of anilines is 1. The van der Waals surface area contributed by atoms with Crippen molar-refractivity contribution in [3.05, 3.63) is 35.2 Å². The van der Waals surface area contributed by atoms with E-state index >= 15 is 4.39 Å². The van der Waals surface area contributed by atoms with Gasteiger partial charge in [0.15, 0.2) is 17.4 Å². The van der Waals surface area contributed by atoms with E-state index in [-0.39, 0.29) is 47.0 Å². The van der Waals surface area contributed by atoms with Crippen molar-refractivity contribution < 1.29 is 36.2 Å². The summed E-state index contributed by atoms with van der Waals surface area (Å²) in [6.45, 7) is 10.1. The van der Waals surface area contributed by atoms with Crippen LogP contribution in [0.25, 0.3) is 22.2 Å². The third-order valence-corrected chi connectivity index (χ3v) is 7.98. The molecule has 3 heterocycles. The van der Waals surface area contributed by atoms with E-state index in [1.165, 1.54) is 0 Å². The van der Waals surface area contributed by atoms with Crippen molar-refractivity contribution in [2.45, 2.75) is 77.3 Å². The second-order valence-electron chi connectivity index (χ2n) is 12.8. The van der Waals surface area contributed by atoms with Crippen LogP contribution in [0.4, 0.5) is 32.4 Å². The van der Waals surface area contributed by atoms with Crippen molar-refractivity contribution in [3.8, 4) is 17.0 Å². The highest BCUT2D eigenvalue weighted by Crippen LogP contribution is 2.60. The molecule has 1 unspecified atom stereocenters. The maximum atomic E-state index is 16.5. The van der Waals surface area contributed by atoms with Crippen LogP contribution in [0, 0.1) is 23.5 Å². The number of likely N-dealkylation sites (tertiary alicyclic amines) is 1. The molecular weight excluding hydrogens is 561 g/mol. The molecule has 3 aliphatic rings. The third-order valence-electron chi connectivity index (χ3n) is 7.98. The van der Waals surface area contributed by atoms with E-state index < -0.39 is 40.6 Å². The largest absolute Gasteiger partial charge is 0.573 e. The number of carbonyl (C=O) groups is 1. The molecule has 226 valence electrons. The Morgan fingerprint density at radius 3 is 2.29 bits per heavy atom. The predicted octanol–water partition coefficient (Wildman–Crippen LogP) is 6.90. The molecule has 8 nitrogen and oxygen atoms in total. The molecular formula is C29H32F5N5O3. The summed E-state index contributed by atoms with van der Waals surface area (Å²) in [5.41, 5.74) is 5.14. The zero-order chi connectivity index (χ0) is 30.5. The van der Waals surface area contributed by atoms with Gasteiger partial charge in [-0.15, -0.1) is 13.2 Å². The van der Waals surface area contributed by atoms with Crippen molar-refractivity contribution in [1.82, 2.24) is 19.7 Å². The monoisotopic (exact) mass is 593 g/mol. The number of ether oxygens (including phenoxy) is 2. The van der Waals surface area contributed by atoms with Crippen molar-refractivity contribution in [2.75, 3.05) is 18.8 Å². The first-order valence-electron chi connectivity index (χ1n) is 14.0. The molecule has 0 bridgehead atoms. The van der Waals surface area contributed by atoms with Gasteiger partial charge in [-0.2, -0.15) is 5.10 Å². The van der Waals surface area contributed by atoms with Crippen molar-refractivity contribution >= 4 is 22.7 Å². The number of aromatic nitrogens is 3. The number of alkyl halides is 3. The van der Waals surface area contributed by atoms with Gasteiger partial charge in [-0.25, -0.2) is 18.6 Å². The van der Waals surface area contributed by atoms with Gasteiger partial charge >= 0.3 is 12.5 Å². The molecule has 1 saturated heterocycles.